The molecule has 5 nitrogen and oxygen atoms in total. The Hall–Kier alpha value is -2.55. The molecule has 1 aliphatic heterocycles. The first-order chi connectivity index (χ1) is 13.3. The van der Waals surface area contributed by atoms with Gasteiger partial charge in [-0.25, -0.2) is 0 Å². The number of alkyl halides is 3. The fourth-order valence-electron chi connectivity index (χ4n) is 3.05. The molecule has 9 heteroatoms. The monoisotopic (exact) mass is 413 g/mol. The molecule has 2 aromatic rings. The minimum absolute atomic E-state index is 0.164. The lowest BCUT2D eigenvalue weighted by Crippen LogP contribution is -2.28. The van der Waals surface area contributed by atoms with Gasteiger partial charge in [0.05, 0.1) is 26.5 Å². The third kappa shape index (κ3) is 4.30. The average molecular weight is 413 g/mol. The van der Waals surface area contributed by atoms with Crippen LogP contribution in [0.5, 0.6) is 17.2 Å². The highest BCUT2D eigenvalue weighted by molar-refractivity contribution is 8.00. The van der Waals surface area contributed by atoms with Crippen molar-refractivity contribution >= 4 is 17.7 Å². The standard InChI is InChI=1S/C19H18F3NO4S/c1-25-15-9-5-6-12(17(15)26-2)10-23-16(24)11-28-18(23)13-7-3-4-8-14(13)27-19(20,21)22/h3-9,18H,10-11H2,1-2H3. The molecule has 28 heavy (non-hydrogen) atoms. The summed E-state index contributed by atoms with van der Waals surface area (Å²) >= 11 is 1.25. The maximum absolute atomic E-state index is 12.8. The molecular formula is C19H18F3NO4S. The highest BCUT2D eigenvalue weighted by Gasteiger charge is 2.38. The molecule has 2 aromatic carbocycles. The Morgan fingerprint density at radius 1 is 1.07 bits per heavy atom. The van der Waals surface area contributed by atoms with E-state index in [0.29, 0.717) is 17.1 Å². The summed E-state index contributed by atoms with van der Waals surface area (Å²) in [5, 5.41) is -0.609. The van der Waals surface area contributed by atoms with Crippen LogP contribution in [0.15, 0.2) is 42.5 Å². The topological polar surface area (TPSA) is 48.0 Å². The lowest BCUT2D eigenvalue weighted by atomic mass is 10.1. The minimum Gasteiger partial charge on any atom is -0.493 e. The zero-order valence-electron chi connectivity index (χ0n) is 15.2. The molecule has 0 aliphatic carbocycles. The predicted octanol–water partition coefficient (Wildman–Crippen LogP) is 4.38. The second kappa shape index (κ2) is 8.22. The number of carbonyl (C=O) groups excluding carboxylic acids is 1. The fraction of sp³-hybridized carbons (Fsp3) is 0.316. The fourth-order valence-corrected chi connectivity index (χ4v) is 4.26. The van der Waals surface area contributed by atoms with Crippen molar-refractivity contribution in [2.75, 3.05) is 20.0 Å². The molecule has 0 saturated carbocycles. The molecule has 150 valence electrons. The van der Waals surface area contributed by atoms with Gasteiger partial charge in [0, 0.05) is 11.1 Å². The van der Waals surface area contributed by atoms with Gasteiger partial charge in [-0.2, -0.15) is 0 Å². The van der Waals surface area contributed by atoms with E-state index in [1.165, 1.54) is 49.1 Å². The highest BCUT2D eigenvalue weighted by atomic mass is 32.2. The van der Waals surface area contributed by atoms with Crippen molar-refractivity contribution in [3.05, 3.63) is 53.6 Å². The molecule has 3 rings (SSSR count). The summed E-state index contributed by atoms with van der Waals surface area (Å²) in [6, 6.07) is 11.1. The molecule has 1 atom stereocenters. The van der Waals surface area contributed by atoms with Crippen molar-refractivity contribution in [1.82, 2.24) is 4.90 Å². The maximum Gasteiger partial charge on any atom is 0.573 e. The minimum atomic E-state index is -4.82. The van der Waals surface area contributed by atoms with Crippen LogP contribution in [0.25, 0.3) is 0 Å². The lowest BCUT2D eigenvalue weighted by molar-refractivity contribution is -0.275. The van der Waals surface area contributed by atoms with E-state index in [1.807, 2.05) is 0 Å². The number of para-hydroxylation sites is 2. The molecule has 1 saturated heterocycles. The van der Waals surface area contributed by atoms with Crippen LogP contribution in [-0.2, 0) is 11.3 Å². The Labute approximate surface area is 164 Å². The smallest absolute Gasteiger partial charge is 0.493 e. The van der Waals surface area contributed by atoms with Crippen LogP contribution in [0.1, 0.15) is 16.5 Å². The summed E-state index contributed by atoms with van der Waals surface area (Å²) in [6.45, 7) is 0.164. The Kier molecular flexibility index (Phi) is 5.93. The van der Waals surface area contributed by atoms with E-state index in [0.717, 1.165) is 0 Å². The van der Waals surface area contributed by atoms with Gasteiger partial charge < -0.3 is 19.1 Å². The quantitative estimate of drug-likeness (QED) is 0.704. The Balaban J connectivity index is 1.94. The average Bonchev–Trinajstić information content (AvgIpc) is 3.01. The second-order valence-electron chi connectivity index (χ2n) is 5.92. The molecule has 1 aliphatic rings. The van der Waals surface area contributed by atoms with Gasteiger partial charge in [-0.3, -0.25) is 4.79 Å². The van der Waals surface area contributed by atoms with Gasteiger partial charge >= 0.3 is 6.36 Å². The number of hydrogen-bond donors (Lipinski definition) is 0. The number of hydrogen-bond acceptors (Lipinski definition) is 5. The normalized spacial score (nSPS) is 17.0. The zero-order valence-corrected chi connectivity index (χ0v) is 16.0. The van der Waals surface area contributed by atoms with Crippen molar-refractivity contribution in [3.8, 4) is 17.2 Å². The molecule has 1 fully saturated rings. The summed E-state index contributed by atoms with van der Waals surface area (Å²) in [5.74, 6) is 0.661. The largest absolute Gasteiger partial charge is 0.573 e. The second-order valence-corrected chi connectivity index (χ2v) is 6.99. The van der Waals surface area contributed by atoms with Crippen molar-refractivity contribution in [2.45, 2.75) is 18.3 Å². The van der Waals surface area contributed by atoms with Crippen molar-refractivity contribution in [3.63, 3.8) is 0 Å². The van der Waals surface area contributed by atoms with Crippen LogP contribution < -0.4 is 14.2 Å². The van der Waals surface area contributed by atoms with Crippen LogP contribution in [-0.4, -0.2) is 37.1 Å². The molecule has 0 bridgehead atoms. The van der Waals surface area contributed by atoms with Crippen LogP contribution in [0.4, 0.5) is 13.2 Å². The number of methoxy groups -OCH3 is 2. The molecule has 0 spiro atoms. The van der Waals surface area contributed by atoms with Gasteiger partial charge in [0.2, 0.25) is 5.91 Å². The van der Waals surface area contributed by atoms with Gasteiger partial charge in [-0.15, -0.1) is 24.9 Å². The van der Waals surface area contributed by atoms with E-state index in [2.05, 4.69) is 4.74 Å². The van der Waals surface area contributed by atoms with Gasteiger partial charge in [0.25, 0.3) is 0 Å². The summed E-state index contributed by atoms with van der Waals surface area (Å²) in [7, 11) is 3.00. The zero-order chi connectivity index (χ0) is 20.3. The molecule has 1 amide bonds. The summed E-state index contributed by atoms with van der Waals surface area (Å²) in [4.78, 5) is 14.0. The molecule has 0 radical (unpaired) electrons. The first kappa shape index (κ1) is 20.2. The predicted molar refractivity (Wildman–Crippen MR) is 98.4 cm³/mol. The van der Waals surface area contributed by atoms with Crippen LogP contribution >= 0.6 is 11.8 Å². The summed E-state index contributed by atoms with van der Waals surface area (Å²) < 4.78 is 53.2. The van der Waals surface area contributed by atoms with Crippen molar-refractivity contribution in [2.24, 2.45) is 0 Å². The molecule has 0 aromatic heterocycles. The van der Waals surface area contributed by atoms with Crippen LogP contribution in [0.3, 0.4) is 0 Å². The van der Waals surface area contributed by atoms with Gasteiger partial charge in [0.15, 0.2) is 11.5 Å². The first-order valence-corrected chi connectivity index (χ1v) is 9.34. The Morgan fingerprint density at radius 2 is 1.79 bits per heavy atom. The number of amides is 1. The van der Waals surface area contributed by atoms with E-state index in [1.54, 1.807) is 24.3 Å². The molecule has 0 N–H and O–H groups in total. The van der Waals surface area contributed by atoms with E-state index in [9.17, 15) is 18.0 Å². The Bertz CT molecular complexity index is 859. The SMILES string of the molecule is COc1cccc(CN2C(=O)CSC2c2ccccc2OC(F)(F)F)c1OC. The molecule has 1 unspecified atom stereocenters. The molecule has 1 heterocycles. The number of benzene rings is 2. The van der Waals surface area contributed by atoms with Gasteiger partial charge in [0.1, 0.15) is 11.1 Å². The van der Waals surface area contributed by atoms with Crippen molar-refractivity contribution in [1.29, 1.82) is 0 Å². The summed E-state index contributed by atoms with van der Waals surface area (Å²) in [5.41, 5.74) is 0.981. The van der Waals surface area contributed by atoms with Gasteiger partial charge in [-0.05, 0) is 12.1 Å². The number of halogens is 3. The van der Waals surface area contributed by atoms with E-state index < -0.39 is 11.7 Å². The summed E-state index contributed by atoms with van der Waals surface area (Å²) in [6.07, 6.45) is -4.82. The number of rotatable bonds is 6. The number of nitrogens with zero attached hydrogens (tertiary/aromatic N) is 1. The maximum atomic E-state index is 12.8. The molecular weight excluding hydrogens is 395 g/mol. The number of ether oxygens (including phenoxy) is 3. The van der Waals surface area contributed by atoms with Crippen LogP contribution in [0.2, 0.25) is 0 Å². The van der Waals surface area contributed by atoms with E-state index >= 15 is 0 Å². The van der Waals surface area contributed by atoms with E-state index in [-0.39, 0.29) is 29.5 Å². The first-order valence-electron chi connectivity index (χ1n) is 8.29. The number of thioether (sulfide) groups is 1. The van der Waals surface area contributed by atoms with Gasteiger partial charge in [-0.1, -0.05) is 30.3 Å². The Morgan fingerprint density at radius 3 is 2.46 bits per heavy atom. The van der Waals surface area contributed by atoms with E-state index in [4.69, 9.17) is 9.47 Å². The number of carbonyl (C=O) groups is 1. The van der Waals surface area contributed by atoms with Crippen molar-refractivity contribution < 1.29 is 32.2 Å². The lowest BCUT2D eigenvalue weighted by Gasteiger charge is -2.27. The van der Waals surface area contributed by atoms with Crippen LogP contribution in [0, 0.1) is 0 Å². The third-order valence-corrected chi connectivity index (χ3v) is 5.44. The highest BCUT2D eigenvalue weighted by Crippen LogP contribution is 2.45. The third-order valence-electron chi connectivity index (χ3n) is 4.20.